The van der Waals surface area contributed by atoms with Crippen molar-refractivity contribution in [2.75, 3.05) is 31.1 Å². The predicted molar refractivity (Wildman–Crippen MR) is 114 cm³/mol. The molecule has 4 heterocycles. The molecule has 2 atom stereocenters. The normalized spacial score (nSPS) is 24.9. The van der Waals surface area contributed by atoms with Gasteiger partial charge in [0.15, 0.2) is 0 Å². The van der Waals surface area contributed by atoms with E-state index in [0.29, 0.717) is 19.5 Å². The van der Waals surface area contributed by atoms with E-state index >= 15 is 0 Å². The molecule has 7 heteroatoms. The molecule has 5 rings (SSSR count). The van der Waals surface area contributed by atoms with Crippen LogP contribution in [0.25, 0.3) is 10.1 Å². The standard InChI is InChI=1S/C22H24N4O2S/c27-19-6-11-25(20-13-23-8-9-24-20)14-22(19)7-3-10-26(15-22)21(28)18-12-16-4-1-2-5-17(16)29-18/h1-2,4-5,8-9,12-13,19,27H,3,6-7,10-11,14-15H2/t19-,22-/m0/s1. The van der Waals surface area contributed by atoms with Crippen molar-refractivity contribution in [3.8, 4) is 0 Å². The van der Waals surface area contributed by atoms with Crippen LogP contribution in [0.4, 0.5) is 5.82 Å². The Morgan fingerprint density at radius 1 is 1.21 bits per heavy atom. The Morgan fingerprint density at radius 2 is 2.10 bits per heavy atom. The van der Waals surface area contributed by atoms with Crippen molar-refractivity contribution in [2.45, 2.75) is 25.4 Å². The second kappa shape index (κ2) is 7.39. The number of nitrogens with zero attached hydrogens (tertiary/aromatic N) is 4. The summed E-state index contributed by atoms with van der Waals surface area (Å²) in [5.41, 5.74) is -0.319. The van der Waals surface area contributed by atoms with Crippen LogP contribution in [0, 0.1) is 5.41 Å². The summed E-state index contributed by atoms with van der Waals surface area (Å²) >= 11 is 1.55. The largest absolute Gasteiger partial charge is 0.392 e. The summed E-state index contributed by atoms with van der Waals surface area (Å²) in [6.45, 7) is 2.78. The summed E-state index contributed by atoms with van der Waals surface area (Å²) < 4.78 is 1.13. The predicted octanol–water partition coefficient (Wildman–Crippen LogP) is 3.18. The summed E-state index contributed by atoms with van der Waals surface area (Å²) in [6.07, 6.45) is 7.24. The Balaban J connectivity index is 1.39. The van der Waals surface area contributed by atoms with Gasteiger partial charge in [0.05, 0.1) is 17.2 Å². The summed E-state index contributed by atoms with van der Waals surface area (Å²) in [5.74, 6) is 0.917. The minimum Gasteiger partial charge on any atom is -0.392 e. The van der Waals surface area contributed by atoms with Crippen molar-refractivity contribution < 1.29 is 9.90 Å². The van der Waals surface area contributed by atoms with Gasteiger partial charge >= 0.3 is 0 Å². The molecule has 2 saturated heterocycles. The molecule has 1 N–H and O–H groups in total. The van der Waals surface area contributed by atoms with E-state index in [0.717, 1.165) is 46.7 Å². The Labute approximate surface area is 173 Å². The Kier molecular flexibility index (Phi) is 4.72. The van der Waals surface area contributed by atoms with Crippen molar-refractivity contribution in [3.05, 3.63) is 53.8 Å². The molecule has 0 aliphatic carbocycles. The fourth-order valence-electron chi connectivity index (χ4n) is 4.78. The first-order valence-electron chi connectivity index (χ1n) is 10.1. The molecular weight excluding hydrogens is 384 g/mol. The van der Waals surface area contributed by atoms with Gasteiger partial charge in [0.1, 0.15) is 5.82 Å². The van der Waals surface area contributed by atoms with E-state index in [-0.39, 0.29) is 11.3 Å². The molecule has 0 radical (unpaired) electrons. The molecule has 2 aliphatic heterocycles. The van der Waals surface area contributed by atoms with E-state index in [1.165, 1.54) is 0 Å². The lowest BCUT2D eigenvalue weighted by molar-refractivity contribution is -0.0361. The summed E-state index contributed by atoms with van der Waals surface area (Å²) in [6, 6.07) is 10.1. The number of piperidine rings is 2. The molecule has 1 aromatic carbocycles. The fraction of sp³-hybridized carbons (Fsp3) is 0.409. The molecule has 150 valence electrons. The molecule has 1 spiro atoms. The highest BCUT2D eigenvalue weighted by molar-refractivity contribution is 7.20. The van der Waals surface area contributed by atoms with E-state index in [1.807, 2.05) is 29.2 Å². The van der Waals surface area contributed by atoms with E-state index in [4.69, 9.17) is 0 Å². The second-order valence-electron chi connectivity index (χ2n) is 8.13. The number of anilines is 1. The minimum atomic E-state index is -0.409. The molecule has 0 bridgehead atoms. The zero-order valence-electron chi connectivity index (χ0n) is 16.2. The smallest absolute Gasteiger partial charge is 0.263 e. The summed E-state index contributed by atoms with van der Waals surface area (Å²) in [5, 5.41) is 12.0. The first-order valence-corrected chi connectivity index (χ1v) is 10.9. The number of aliphatic hydroxyl groups is 1. The van der Waals surface area contributed by atoms with Gasteiger partial charge < -0.3 is 14.9 Å². The number of hydrogen-bond donors (Lipinski definition) is 1. The first-order chi connectivity index (χ1) is 14.1. The summed E-state index contributed by atoms with van der Waals surface area (Å²) in [4.78, 5) is 26.8. The quantitative estimate of drug-likeness (QED) is 0.705. The van der Waals surface area contributed by atoms with Gasteiger partial charge in [-0.2, -0.15) is 0 Å². The number of likely N-dealkylation sites (tertiary alicyclic amines) is 1. The van der Waals surface area contributed by atoms with Gasteiger partial charge in [0.2, 0.25) is 0 Å². The van der Waals surface area contributed by atoms with Crippen LogP contribution in [0.15, 0.2) is 48.9 Å². The lowest BCUT2D eigenvalue weighted by Crippen LogP contribution is -2.60. The molecule has 0 saturated carbocycles. The van der Waals surface area contributed by atoms with Crippen LogP contribution in [0.5, 0.6) is 0 Å². The molecule has 2 aliphatic rings. The van der Waals surface area contributed by atoms with Crippen LogP contribution in [0.1, 0.15) is 28.9 Å². The number of rotatable bonds is 2. The van der Waals surface area contributed by atoms with Crippen molar-refractivity contribution in [1.82, 2.24) is 14.9 Å². The third-order valence-electron chi connectivity index (χ3n) is 6.29. The van der Waals surface area contributed by atoms with Crippen LogP contribution < -0.4 is 4.90 Å². The van der Waals surface area contributed by atoms with Gasteiger partial charge in [-0.15, -0.1) is 11.3 Å². The van der Waals surface area contributed by atoms with Crippen LogP contribution in [0.2, 0.25) is 0 Å². The second-order valence-corrected chi connectivity index (χ2v) is 9.21. The van der Waals surface area contributed by atoms with Crippen molar-refractivity contribution in [3.63, 3.8) is 0 Å². The van der Waals surface area contributed by atoms with Gasteiger partial charge in [-0.1, -0.05) is 18.2 Å². The highest BCUT2D eigenvalue weighted by Crippen LogP contribution is 2.40. The van der Waals surface area contributed by atoms with Crippen LogP contribution in [-0.2, 0) is 0 Å². The lowest BCUT2D eigenvalue weighted by atomic mass is 9.71. The zero-order valence-corrected chi connectivity index (χ0v) is 17.0. The van der Waals surface area contributed by atoms with E-state index in [9.17, 15) is 9.90 Å². The Morgan fingerprint density at radius 3 is 2.93 bits per heavy atom. The average molecular weight is 409 g/mol. The first kappa shape index (κ1) is 18.5. The number of benzene rings is 1. The molecule has 2 fully saturated rings. The van der Waals surface area contributed by atoms with E-state index in [2.05, 4.69) is 20.9 Å². The number of thiophene rings is 1. The Bertz CT molecular complexity index is 991. The van der Waals surface area contributed by atoms with Gasteiger partial charge in [0, 0.05) is 48.7 Å². The number of aliphatic hydroxyl groups excluding tert-OH is 1. The number of carbonyl (C=O) groups is 1. The average Bonchev–Trinajstić information content (AvgIpc) is 3.20. The maximum absolute atomic E-state index is 13.3. The monoisotopic (exact) mass is 408 g/mol. The van der Waals surface area contributed by atoms with Crippen molar-refractivity contribution >= 4 is 33.1 Å². The van der Waals surface area contributed by atoms with E-state index in [1.54, 1.807) is 29.9 Å². The SMILES string of the molecule is O=C(c1cc2ccccc2s1)N1CCC[C@@]2(C1)CN(c1cnccn1)CC[C@@H]2O. The zero-order chi connectivity index (χ0) is 19.8. The molecule has 2 aromatic heterocycles. The topological polar surface area (TPSA) is 69.6 Å². The Hall–Kier alpha value is -2.51. The molecule has 29 heavy (non-hydrogen) atoms. The molecule has 1 amide bonds. The lowest BCUT2D eigenvalue weighted by Gasteiger charge is -2.51. The molecular formula is C22H24N4O2S. The molecule has 6 nitrogen and oxygen atoms in total. The number of fused-ring (bicyclic) bond motifs is 1. The number of hydrogen-bond acceptors (Lipinski definition) is 6. The van der Waals surface area contributed by atoms with E-state index < -0.39 is 6.10 Å². The fourth-order valence-corrected chi connectivity index (χ4v) is 5.81. The van der Waals surface area contributed by atoms with Gasteiger partial charge in [-0.05, 0) is 36.8 Å². The molecule has 0 unspecified atom stereocenters. The van der Waals surface area contributed by atoms with Gasteiger partial charge in [-0.25, -0.2) is 4.98 Å². The van der Waals surface area contributed by atoms with Crippen molar-refractivity contribution in [1.29, 1.82) is 0 Å². The number of amides is 1. The van der Waals surface area contributed by atoms with Crippen LogP contribution in [-0.4, -0.2) is 58.2 Å². The van der Waals surface area contributed by atoms with Crippen molar-refractivity contribution in [2.24, 2.45) is 5.41 Å². The number of aromatic nitrogens is 2. The highest BCUT2D eigenvalue weighted by atomic mass is 32.1. The maximum Gasteiger partial charge on any atom is 0.263 e. The van der Waals surface area contributed by atoms with Crippen LogP contribution in [0.3, 0.4) is 0 Å². The maximum atomic E-state index is 13.3. The van der Waals surface area contributed by atoms with Crippen LogP contribution >= 0.6 is 11.3 Å². The third-order valence-corrected chi connectivity index (χ3v) is 7.39. The third kappa shape index (κ3) is 3.38. The van der Waals surface area contributed by atoms with Gasteiger partial charge in [0.25, 0.3) is 5.91 Å². The van der Waals surface area contributed by atoms with Gasteiger partial charge in [-0.3, -0.25) is 9.78 Å². The highest BCUT2D eigenvalue weighted by Gasteiger charge is 2.46. The summed E-state index contributed by atoms with van der Waals surface area (Å²) in [7, 11) is 0. The molecule has 3 aromatic rings. The minimum absolute atomic E-state index is 0.0779. The number of carbonyl (C=O) groups excluding carboxylic acids is 1.